The molecular weight excluding hydrogens is 126 g/mol. The van der Waals surface area contributed by atoms with Gasteiger partial charge in [-0.05, 0) is 18.8 Å². The van der Waals surface area contributed by atoms with Gasteiger partial charge in [-0.1, -0.05) is 13.8 Å². The van der Waals surface area contributed by atoms with Crippen LogP contribution in [0.25, 0.3) is 0 Å². The summed E-state index contributed by atoms with van der Waals surface area (Å²) >= 11 is 0. The number of hydrogen-bond acceptors (Lipinski definition) is 2. The maximum absolute atomic E-state index is 10.9. The van der Waals surface area contributed by atoms with E-state index in [1.165, 1.54) is 0 Å². The smallest absolute Gasteiger partial charge is 0.146 e. The number of carbonyl (C=O) groups excluding carboxylic acids is 1. The second kappa shape index (κ2) is 2.35. The Morgan fingerprint density at radius 2 is 2.20 bits per heavy atom. The Balaban J connectivity index is 2.51. The minimum atomic E-state index is 0.120. The van der Waals surface area contributed by atoms with Gasteiger partial charge in [-0.3, -0.25) is 4.79 Å². The first-order chi connectivity index (χ1) is 4.51. The van der Waals surface area contributed by atoms with Crippen LogP contribution in [0.2, 0.25) is 0 Å². The summed E-state index contributed by atoms with van der Waals surface area (Å²) < 4.78 is 0. The summed E-state index contributed by atoms with van der Waals surface area (Å²) in [6.45, 7) is 6.99. The molecule has 0 spiro atoms. The number of ketones is 1. The van der Waals surface area contributed by atoms with Crippen LogP contribution in [0.1, 0.15) is 27.2 Å². The third-order valence-electron chi connectivity index (χ3n) is 2.07. The van der Waals surface area contributed by atoms with Crippen LogP contribution < -0.4 is 5.32 Å². The molecule has 1 unspecified atom stereocenters. The monoisotopic (exact) mass is 141 g/mol. The van der Waals surface area contributed by atoms with Gasteiger partial charge in [0.15, 0.2) is 0 Å². The molecular formula is C8H15NO. The summed E-state index contributed by atoms with van der Waals surface area (Å²) in [4.78, 5) is 10.9. The summed E-state index contributed by atoms with van der Waals surface area (Å²) in [5.74, 6) is 0.269. The quantitative estimate of drug-likeness (QED) is 0.589. The molecule has 0 aromatic heterocycles. The Hall–Kier alpha value is -0.370. The number of carbonyl (C=O) groups is 1. The Morgan fingerprint density at radius 3 is 2.40 bits per heavy atom. The van der Waals surface area contributed by atoms with Gasteiger partial charge in [-0.25, -0.2) is 0 Å². The summed E-state index contributed by atoms with van der Waals surface area (Å²) in [5, 5.41) is 3.20. The predicted octanol–water partition coefficient (Wildman–Crippen LogP) is 0.964. The molecule has 0 amide bonds. The molecule has 0 bridgehead atoms. The molecule has 0 aliphatic carbocycles. The second-order valence-corrected chi connectivity index (χ2v) is 3.91. The molecule has 1 saturated heterocycles. The highest BCUT2D eigenvalue weighted by atomic mass is 16.1. The van der Waals surface area contributed by atoms with E-state index in [0.717, 1.165) is 13.0 Å². The first kappa shape index (κ1) is 7.73. The van der Waals surface area contributed by atoms with Crippen LogP contribution in [0, 0.1) is 5.41 Å². The van der Waals surface area contributed by atoms with Crippen LogP contribution in [0.3, 0.4) is 0 Å². The zero-order chi connectivity index (χ0) is 7.78. The van der Waals surface area contributed by atoms with E-state index in [0.29, 0.717) is 5.41 Å². The van der Waals surface area contributed by atoms with Crippen molar-refractivity contribution in [1.29, 1.82) is 0 Å². The van der Waals surface area contributed by atoms with Gasteiger partial charge in [0.2, 0.25) is 0 Å². The van der Waals surface area contributed by atoms with Gasteiger partial charge >= 0.3 is 0 Å². The lowest BCUT2D eigenvalue weighted by molar-refractivity contribution is -0.118. The van der Waals surface area contributed by atoms with Crippen molar-refractivity contribution in [3.8, 4) is 0 Å². The van der Waals surface area contributed by atoms with E-state index >= 15 is 0 Å². The van der Waals surface area contributed by atoms with Crippen molar-refractivity contribution in [2.24, 2.45) is 5.41 Å². The van der Waals surface area contributed by atoms with Gasteiger partial charge in [-0.15, -0.1) is 0 Å². The molecule has 1 heterocycles. The van der Waals surface area contributed by atoms with Gasteiger partial charge in [0.1, 0.15) is 5.78 Å². The van der Waals surface area contributed by atoms with Crippen LogP contribution in [0.4, 0.5) is 0 Å². The van der Waals surface area contributed by atoms with E-state index < -0.39 is 0 Å². The fourth-order valence-corrected chi connectivity index (χ4v) is 1.38. The molecule has 1 aliphatic heterocycles. The standard InChI is InChI=1S/C8H15NO/c1-6(10)7-4-8(2,3)5-9-7/h7,9H,4-5H2,1-3H3. The Kier molecular flexibility index (Phi) is 1.82. The van der Waals surface area contributed by atoms with Crippen molar-refractivity contribution < 1.29 is 4.79 Å². The maximum atomic E-state index is 10.9. The van der Waals surface area contributed by atoms with E-state index in [-0.39, 0.29) is 11.8 Å². The number of hydrogen-bond donors (Lipinski definition) is 1. The molecule has 0 aromatic rings. The predicted molar refractivity (Wildman–Crippen MR) is 40.9 cm³/mol. The van der Waals surface area contributed by atoms with Crippen LogP contribution in [0.15, 0.2) is 0 Å². The molecule has 1 aliphatic rings. The molecule has 1 rings (SSSR count). The largest absolute Gasteiger partial charge is 0.307 e. The average Bonchev–Trinajstić information content (AvgIpc) is 2.10. The maximum Gasteiger partial charge on any atom is 0.146 e. The number of rotatable bonds is 1. The van der Waals surface area contributed by atoms with Crippen LogP contribution in [0.5, 0.6) is 0 Å². The molecule has 1 fully saturated rings. The first-order valence-electron chi connectivity index (χ1n) is 3.75. The van der Waals surface area contributed by atoms with E-state index in [4.69, 9.17) is 0 Å². The average molecular weight is 141 g/mol. The van der Waals surface area contributed by atoms with Gasteiger partial charge in [0.05, 0.1) is 6.04 Å². The number of Topliss-reactive ketones (excluding diaryl/α,β-unsaturated/α-hetero) is 1. The highest BCUT2D eigenvalue weighted by Gasteiger charge is 2.32. The fraction of sp³-hybridized carbons (Fsp3) is 0.875. The van der Waals surface area contributed by atoms with E-state index in [9.17, 15) is 4.79 Å². The molecule has 2 heteroatoms. The molecule has 1 N–H and O–H groups in total. The van der Waals surface area contributed by atoms with Crippen molar-refractivity contribution in [2.45, 2.75) is 33.2 Å². The summed E-state index contributed by atoms with van der Waals surface area (Å²) in [6, 6.07) is 0.120. The fourth-order valence-electron chi connectivity index (χ4n) is 1.38. The highest BCUT2D eigenvalue weighted by Crippen LogP contribution is 2.27. The minimum absolute atomic E-state index is 0.120. The molecule has 0 saturated carbocycles. The lowest BCUT2D eigenvalue weighted by atomic mass is 9.90. The second-order valence-electron chi connectivity index (χ2n) is 3.91. The van der Waals surface area contributed by atoms with Gasteiger partial charge in [-0.2, -0.15) is 0 Å². The minimum Gasteiger partial charge on any atom is -0.307 e. The molecule has 1 atom stereocenters. The molecule has 2 nitrogen and oxygen atoms in total. The van der Waals surface area contributed by atoms with E-state index in [1.54, 1.807) is 6.92 Å². The summed E-state index contributed by atoms with van der Waals surface area (Å²) in [7, 11) is 0. The third-order valence-corrected chi connectivity index (χ3v) is 2.07. The van der Waals surface area contributed by atoms with Crippen LogP contribution in [-0.4, -0.2) is 18.4 Å². The third kappa shape index (κ3) is 1.57. The van der Waals surface area contributed by atoms with Crippen molar-refractivity contribution in [1.82, 2.24) is 5.32 Å². The normalized spacial score (nSPS) is 30.5. The Morgan fingerprint density at radius 1 is 1.60 bits per heavy atom. The Labute approximate surface area is 62.0 Å². The van der Waals surface area contributed by atoms with Gasteiger partial charge < -0.3 is 5.32 Å². The zero-order valence-electron chi connectivity index (χ0n) is 6.90. The van der Waals surface area contributed by atoms with Gasteiger partial charge in [0.25, 0.3) is 0 Å². The van der Waals surface area contributed by atoms with Crippen LogP contribution >= 0.6 is 0 Å². The topological polar surface area (TPSA) is 29.1 Å². The number of nitrogens with one attached hydrogen (secondary N) is 1. The highest BCUT2D eigenvalue weighted by molar-refractivity contribution is 5.81. The SMILES string of the molecule is CC(=O)C1CC(C)(C)CN1. The van der Waals surface area contributed by atoms with Gasteiger partial charge in [0, 0.05) is 6.54 Å². The molecule has 58 valence electrons. The zero-order valence-corrected chi connectivity index (χ0v) is 6.90. The van der Waals surface area contributed by atoms with Crippen molar-refractivity contribution >= 4 is 5.78 Å². The first-order valence-corrected chi connectivity index (χ1v) is 3.75. The van der Waals surface area contributed by atoms with Crippen molar-refractivity contribution in [2.75, 3.05) is 6.54 Å². The Bertz CT molecular complexity index is 151. The van der Waals surface area contributed by atoms with E-state index in [1.807, 2.05) is 0 Å². The molecule has 0 aromatic carbocycles. The van der Waals surface area contributed by atoms with Crippen molar-refractivity contribution in [3.05, 3.63) is 0 Å². The molecule has 0 radical (unpaired) electrons. The molecule has 10 heavy (non-hydrogen) atoms. The summed E-state index contributed by atoms with van der Waals surface area (Å²) in [5.41, 5.74) is 0.316. The van der Waals surface area contributed by atoms with Crippen LogP contribution in [-0.2, 0) is 4.79 Å². The lowest BCUT2D eigenvalue weighted by Crippen LogP contribution is -2.28. The van der Waals surface area contributed by atoms with Crippen molar-refractivity contribution in [3.63, 3.8) is 0 Å². The summed E-state index contributed by atoms with van der Waals surface area (Å²) in [6.07, 6.45) is 0.988. The van der Waals surface area contributed by atoms with E-state index in [2.05, 4.69) is 19.2 Å². The lowest BCUT2D eigenvalue weighted by Gasteiger charge is -2.13.